The number of benzene rings is 1. The van der Waals surface area contributed by atoms with Crippen LogP contribution in [0.15, 0.2) is 54.6 Å². The van der Waals surface area contributed by atoms with Gasteiger partial charge in [-0.1, -0.05) is 48.6 Å². The molecule has 1 aromatic carbocycles. The van der Waals surface area contributed by atoms with Gasteiger partial charge in [0.15, 0.2) is 0 Å². The molecule has 0 amide bonds. The van der Waals surface area contributed by atoms with Crippen molar-refractivity contribution in [3.05, 3.63) is 60.2 Å². The standard InChI is InChI=1S/C14H17N/c1-4-7-12(10-11(2)3)13-8-5-6-9-14(13)15/h4-10H,2,15H2,1,3H3/b7-4-,12-10+. The van der Waals surface area contributed by atoms with Crippen molar-refractivity contribution in [1.82, 2.24) is 0 Å². The summed E-state index contributed by atoms with van der Waals surface area (Å²) in [6, 6.07) is 7.85. The van der Waals surface area contributed by atoms with E-state index in [9.17, 15) is 0 Å². The molecule has 0 fully saturated rings. The molecular weight excluding hydrogens is 182 g/mol. The van der Waals surface area contributed by atoms with E-state index in [2.05, 4.69) is 6.58 Å². The molecule has 0 heterocycles. The molecule has 0 aliphatic heterocycles. The lowest BCUT2D eigenvalue weighted by Gasteiger charge is -2.06. The number of para-hydroxylation sites is 1. The SMILES string of the molecule is C=C(C)/C=C(\C=C/C)c1ccccc1N. The first-order valence-corrected chi connectivity index (χ1v) is 5.00. The highest BCUT2D eigenvalue weighted by molar-refractivity contribution is 5.82. The van der Waals surface area contributed by atoms with Gasteiger partial charge in [0.1, 0.15) is 0 Å². The van der Waals surface area contributed by atoms with Crippen LogP contribution < -0.4 is 5.73 Å². The van der Waals surface area contributed by atoms with Gasteiger partial charge in [-0.05, 0) is 25.5 Å². The Morgan fingerprint density at radius 1 is 1.33 bits per heavy atom. The molecule has 0 unspecified atom stereocenters. The normalized spacial score (nSPS) is 12.0. The molecule has 0 atom stereocenters. The van der Waals surface area contributed by atoms with E-state index >= 15 is 0 Å². The van der Waals surface area contributed by atoms with E-state index in [0.717, 1.165) is 22.4 Å². The van der Waals surface area contributed by atoms with Crippen LogP contribution in [0.3, 0.4) is 0 Å². The van der Waals surface area contributed by atoms with Crippen molar-refractivity contribution in [3.8, 4) is 0 Å². The highest BCUT2D eigenvalue weighted by Gasteiger charge is 2.01. The maximum absolute atomic E-state index is 5.92. The summed E-state index contributed by atoms with van der Waals surface area (Å²) in [5, 5.41) is 0. The summed E-state index contributed by atoms with van der Waals surface area (Å²) in [4.78, 5) is 0. The van der Waals surface area contributed by atoms with Crippen LogP contribution in [0, 0.1) is 0 Å². The Hall–Kier alpha value is -1.76. The minimum atomic E-state index is 0.795. The van der Waals surface area contributed by atoms with Crippen molar-refractivity contribution < 1.29 is 0 Å². The molecule has 1 aromatic rings. The molecule has 0 aromatic heterocycles. The second kappa shape index (κ2) is 5.20. The van der Waals surface area contributed by atoms with E-state index in [1.807, 2.05) is 56.3 Å². The smallest absolute Gasteiger partial charge is 0.0393 e. The lowest BCUT2D eigenvalue weighted by atomic mass is 10.0. The molecule has 15 heavy (non-hydrogen) atoms. The maximum atomic E-state index is 5.92. The molecule has 78 valence electrons. The van der Waals surface area contributed by atoms with Gasteiger partial charge in [0, 0.05) is 11.3 Å². The zero-order valence-electron chi connectivity index (χ0n) is 9.33. The van der Waals surface area contributed by atoms with Gasteiger partial charge in [0.25, 0.3) is 0 Å². The second-order valence-electron chi connectivity index (χ2n) is 3.53. The molecule has 0 saturated heterocycles. The van der Waals surface area contributed by atoms with Gasteiger partial charge in [-0.15, -0.1) is 0 Å². The van der Waals surface area contributed by atoms with Crippen LogP contribution in [0.25, 0.3) is 5.57 Å². The van der Waals surface area contributed by atoms with Crippen LogP contribution in [0.5, 0.6) is 0 Å². The molecular formula is C14H17N. The maximum Gasteiger partial charge on any atom is 0.0393 e. The van der Waals surface area contributed by atoms with Crippen molar-refractivity contribution in [2.45, 2.75) is 13.8 Å². The summed E-state index contributed by atoms with van der Waals surface area (Å²) in [5.41, 5.74) is 9.89. The van der Waals surface area contributed by atoms with Crippen LogP contribution >= 0.6 is 0 Å². The lowest BCUT2D eigenvalue weighted by molar-refractivity contribution is 1.53. The molecule has 0 aliphatic carbocycles. The lowest BCUT2D eigenvalue weighted by Crippen LogP contribution is -1.92. The van der Waals surface area contributed by atoms with E-state index in [-0.39, 0.29) is 0 Å². The fourth-order valence-corrected chi connectivity index (χ4v) is 1.42. The number of hydrogen-bond acceptors (Lipinski definition) is 1. The molecule has 0 bridgehead atoms. The van der Waals surface area contributed by atoms with Gasteiger partial charge in [0.2, 0.25) is 0 Å². The molecule has 0 aliphatic rings. The third-order valence-corrected chi connectivity index (χ3v) is 2.02. The Labute approximate surface area is 91.6 Å². The Kier molecular flexibility index (Phi) is 3.92. The number of anilines is 1. The van der Waals surface area contributed by atoms with Crippen molar-refractivity contribution in [3.63, 3.8) is 0 Å². The molecule has 1 rings (SSSR count). The summed E-state index contributed by atoms with van der Waals surface area (Å²) in [7, 11) is 0. The Morgan fingerprint density at radius 2 is 2.00 bits per heavy atom. The Morgan fingerprint density at radius 3 is 2.53 bits per heavy atom. The third-order valence-electron chi connectivity index (χ3n) is 2.02. The molecule has 2 N–H and O–H groups in total. The second-order valence-corrected chi connectivity index (χ2v) is 3.53. The molecule has 1 heteroatoms. The first-order valence-electron chi connectivity index (χ1n) is 5.00. The van der Waals surface area contributed by atoms with Crippen LogP contribution in [0.2, 0.25) is 0 Å². The number of nitrogens with two attached hydrogens (primary N) is 1. The highest BCUT2D eigenvalue weighted by Crippen LogP contribution is 2.23. The van der Waals surface area contributed by atoms with E-state index in [1.165, 1.54) is 0 Å². The number of hydrogen-bond donors (Lipinski definition) is 1. The monoisotopic (exact) mass is 199 g/mol. The topological polar surface area (TPSA) is 26.0 Å². The third kappa shape index (κ3) is 3.13. The van der Waals surface area contributed by atoms with Crippen molar-refractivity contribution in [2.75, 3.05) is 5.73 Å². The quantitative estimate of drug-likeness (QED) is 0.581. The largest absolute Gasteiger partial charge is 0.398 e. The predicted octanol–water partition coefficient (Wildman–Crippen LogP) is 3.80. The highest BCUT2D eigenvalue weighted by atomic mass is 14.6. The fourth-order valence-electron chi connectivity index (χ4n) is 1.42. The summed E-state index contributed by atoms with van der Waals surface area (Å²) in [5.74, 6) is 0. The summed E-state index contributed by atoms with van der Waals surface area (Å²) in [6.07, 6.45) is 6.08. The Balaban J connectivity index is 3.22. The molecule has 0 spiro atoms. The van der Waals surface area contributed by atoms with Crippen LogP contribution in [-0.2, 0) is 0 Å². The first-order chi connectivity index (χ1) is 7.15. The van der Waals surface area contributed by atoms with E-state index in [4.69, 9.17) is 5.73 Å². The minimum absolute atomic E-state index is 0.795. The Bertz CT molecular complexity index is 411. The van der Waals surface area contributed by atoms with E-state index in [0.29, 0.717) is 0 Å². The fraction of sp³-hybridized carbons (Fsp3) is 0.143. The minimum Gasteiger partial charge on any atom is -0.398 e. The number of allylic oxidation sites excluding steroid dienone is 5. The average Bonchev–Trinajstić information content (AvgIpc) is 2.17. The van der Waals surface area contributed by atoms with E-state index in [1.54, 1.807) is 0 Å². The molecule has 0 radical (unpaired) electrons. The molecule has 1 nitrogen and oxygen atoms in total. The number of rotatable bonds is 3. The zero-order valence-corrected chi connectivity index (χ0v) is 9.33. The van der Waals surface area contributed by atoms with Crippen molar-refractivity contribution in [2.24, 2.45) is 0 Å². The van der Waals surface area contributed by atoms with Crippen molar-refractivity contribution in [1.29, 1.82) is 0 Å². The zero-order chi connectivity index (χ0) is 11.3. The first kappa shape index (κ1) is 11.3. The molecule has 0 saturated carbocycles. The summed E-state index contributed by atoms with van der Waals surface area (Å²) < 4.78 is 0. The van der Waals surface area contributed by atoms with Gasteiger partial charge in [-0.2, -0.15) is 0 Å². The van der Waals surface area contributed by atoms with Gasteiger partial charge < -0.3 is 5.73 Å². The van der Waals surface area contributed by atoms with Gasteiger partial charge in [0.05, 0.1) is 0 Å². The number of nitrogen functional groups attached to an aromatic ring is 1. The van der Waals surface area contributed by atoms with Crippen LogP contribution in [0.1, 0.15) is 19.4 Å². The van der Waals surface area contributed by atoms with Crippen LogP contribution in [0.4, 0.5) is 5.69 Å². The summed E-state index contributed by atoms with van der Waals surface area (Å²) >= 11 is 0. The average molecular weight is 199 g/mol. The van der Waals surface area contributed by atoms with E-state index < -0.39 is 0 Å². The van der Waals surface area contributed by atoms with Gasteiger partial charge in [-0.3, -0.25) is 0 Å². The van der Waals surface area contributed by atoms with Crippen LogP contribution in [-0.4, -0.2) is 0 Å². The van der Waals surface area contributed by atoms with Gasteiger partial charge >= 0.3 is 0 Å². The predicted molar refractivity (Wildman–Crippen MR) is 68.5 cm³/mol. The van der Waals surface area contributed by atoms with Gasteiger partial charge in [-0.25, -0.2) is 0 Å². The van der Waals surface area contributed by atoms with Crippen molar-refractivity contribution >= 4 is 11.3 Å². The summed E-state index contributed by atoms with van der Waals surface area (Å²) in [6.45, 7) is 7.85.